The second-order valence-corrected chi connectivity index (χ2v) is 0.500. The van der Waals surface area contributed by atoms with Gasteiger partial charge in [-0.05, 0) is 12.3 Å². The van der Waals surface area contributed by atoms with E-state index in [4.69, 9.17) is 30.0 Å². The average Bonchev–Trinajstić information content (AvgIpc) is 1.25. The molecule has 0 aromatic heterocycles. The molecule has 0 fully saturated rings. The molecule has 0 atom stereocenters. The molecule has 0 spiro atoms. The second kappa shape index (κ2) is 23.1. The van der Waals surface area contributed by atoms with Crippen LogP contribution < -0.4 is 32.7 Å². The van der Waals surface area contributed by atoms with Crippen LogP contribution in [0.3, 0.4) is 0 Å². The predicted molar refractivity (Wildman–Crippen MR) is 22.8 cm³/mol. The van der Waals surface area contributed by atoms with Crippen molar-refractivity contribution in [2.75, 3.05) is 0 Å². The Bertz CT molecular complexity index is 76.6. The first-order chi connectivity index (χ1) is 3.46. The molecule has 0 bridgehead atoms. The Kier molecular flexibility index (Phi) is 68.2. The van der Waals surface area contributed by atoms with E-state index in [9.17, 15) is 0 Å². The average molecular weight is 215 g/mol. The van der Waals surface area contributed by atoms with Gasteiger partial charge in [-0.25, -0.2) is 0 Å². The smallest absolute Gasteiger partial charge is 0.652 e. The zero-order valence-electron chi connectivity index (χ0n) is 5.77. The summed E-state index contributed by atoms with van der Waals surface area (Å²) in [5, 5.41) is 33.3. The standard InChI is InChI=1S/2CH2O3.2H3N.Ni/c2*2-1(3)4;;;/h2*(H2,2,3,4);2*1H3;/q;;;;+2/p-2. The summed E-state index contributed by atoms with van der Waals surface area (Å²) in [4.78, 5) is 16.7. The Labute approximate surface area is 71.9 Å². The van der Waals surface area contributed by atoms with Crippen molar-refractivity contribution in [1.82, 2.24) is 12.3 Å². The van der Waals surface area contributed by atoms with E-state index in [0.29, 0.717) is 0 Å². The number of hydrogen-bond donors (Lipinski definition) is 2. The van der Waals surface area contributed by atoms with Gasteiger partial charge in [0, 0.05) is 0 Å². The van der Waals surface area contributed by atoms with E-state index in [1.54, 1.807) is 0 Å². The van der Waals surface area contributed by atoms with Crippen molar-refractivity contribution in [2.45, 2.75) is 0 Å². The third-order valence-corrected chi connectivity index (χ3v) is 0. The molecular weight excluding hydrogens is 207 g/mol. The van der Waals surface area contributed by atoms with Gasteiger partial charge in [-0.2, -0.15) is 0 Å². The maximum Gasteiger partial charge on any atom is 2.00 e. The summed E-state index contributed by atoms with van der Waals surface area (Å²) in [6, 6.07) is 0. The number of quaternary nitrogens is 2. The number of carbonyl (C=O) groups excluding carboxylic acids is 2. The van der Waals surface area contributed by atoms with E-state index < -0.39 is 12.3 Å². The molecule has 0 unspecified atom stereocenters. The molecule has 0 radical (unpaired) electrons. The van der Waals surface area contributed by atoms with Crippen LogP contribution in [0.1, 0.15) is 0 Å². The van der Waals surface area contributed by atoms with Crippen molar-refractivity contribution in [3.8, 4) is 0 Å². The zero-order chi connectivity index (χ0) is 7.15. The molecule has 0 aromatic rings. The topological polar surface area (TPSA) is 199 Å². The number of rotatable bonds is 0. The Morgan fingerprint density at radius 1 is 0.727 bits per heavy atom. The molecule has 8 nitrogen and oxygen atoms in total. The van der Waals surface area contributed by atoms with Crippen LogP contribution in [-0.4, -0.2) is 12.3 Å². The van der Waals surface area contributed by atoms with E-state index in [0.717, 1.165) is 0 Å². The quantitative estimate of drug-likeness (QED) is 0.383. The van der Waals surface area contributed by atoms with E-state index in [-0.39, 0.29) is 28.8 Å². The van der Waals surface area contributed by atoms with Crippen LogP contribution in [0.5, 0.6) is 0 Å². The third kappa shape index (κ3) is 395. The molecule has 0 rings (SSSR count). The molecule has 0 saturated carbocycles. The molecule has 0 heterocycles. The molecule has 72 valence electrons. The fourth-order valence-electron chi connectivity index (χ4n) is 0. The molecule has 0 amide bonds. The summed E-state index contributed by atoms with van der Waals surface area (Å²) in [5.74, 6) is 0. The number of carboxylic acid groups (broad SMARTS) is 4. The summed E-state index contributed by atoms with van der Waals surface area (Å²) >= 11 is 0. The molecule has 0 aliphatic carbocycles. The first-order valence-corrected chi connectivity index (χ1v) is 1.22. The summed E-state index contributed by atoms with van der Waals surface area (Å²) in [5.41, 5.74) is 0. The van der Waals surface area contributed by atoms with Gasteiger partial charge < -0.3 is 42.3 Å². The Balaban J connectivity index is -0.0000000171. The Morgan fingerprint density at radius 2 is 0.727 bits per heavy atom. The first kappa shape index (κ1) is 32.5. The Hall–Kier alpha value is -1.05. The second-order valence-electron chi connectivity index (χ2n) is 0.500. The zero-order valence-corrected chi connectivity index (χ0v) is 6.75. The monoisotopic (exact) mass is 214 g/mol. The van der Waals surface area contributed by atoms with E-state index in [1.165, 1.54) is 0 Å². The number of hydrogen-bond acceptors (Lipinski definition) is 6. The van der Waals surface area contributed by atoms with Crippen molar-refractivity contribution in [3.05, 3.63) is 0 Å². The molecular formula is C2H8N2NiO6. The summed E-state index contributed by atoms with van der Waals surface area (Å²) in [6.07, 6.45) is -4.67. The minimum absolute atomic E-state index is 0. The normalized spacial score (nSPS) is 4.36. The van der Waals surface area contributed by atoms with Gasteiger partial charge in [0.2, 0.25) is 0 Å². The summed E-state index contributed by atoms with van der Waals surface area (Å²) in [6.45, 7) is 0. The van der Waals surface area contributed by atoms with Gasteiger partial charge in [0.25, 0.3) is 0 Å². The van der Waals surface area contributed by atoms with Gasteiger partial charge in [0.05, 0.1) is 0 Å². The number of carbonyl (C=O) groups is 2. The van der Waals surface area contributed by atoms with Crippen LogP contribution in [0.2, 0.25) is 0 Å². The SMILES string of the molecule is O=C([O-])[O-].O=C([O-])[O-].[NH4+].[NH4+].[Ni+2]. The van der Waals surface area contributed by atoms with Crippen LogP contribution in [0.4, 0.5) is 9.59 Å². The Morgan fingerprint density at radius 3 is 0.727 bits per heavy atom. The van der Waals surface area contributed by atoms with Crippen molar-refractivity contribution >= 4 is 12.3 Å². The minimum atomic E-state index is -2.33. The summed E-state index contributed by atoms with van der Waals surface area (Å²) < 4.78 is 0. The van der Waals surface area contributed by atoms with Crippen molar-refractivity contribution in [2.24, 2.45) is 0 Å². The van der Waals surface area contributed by atoms with Gasteiger partial charge in [-0.15, -0.1) is 0 Å². The molecule has 0 aromatic carbocycles. The maximum absolute atomic E-state index is 8.33. The fourth-order valence-corrected chi connectivity index (χ4v) is 0. The first-order valence-electron chi connectivity index (χ1n) is 1.22. The minimum Gasteiger partial charge on any atom is -0.652 e. The molecule has 9 heteroatoms. The van der Waals surface area contributed by atoms with Gasteiger partial charge in [-0.3, -0.25) is 0 Å². The maximum atomic E-state index is 8.33. The van der Waals surface area contributed by atoms with Crippen LogP contribution in [0.25, 0.3) is 0 Å². The summed E-state index contributed by atoms with van der Waals surface area (Å²) in [7, 11) is 0. The van der Waals surface area contributed by atoms with Crippen LogP contribution in [0.15, 0.2) is 0 Å². The van der Waals surface area contributed by atoms with Crippen molar-refractivity contribution in [3.63, 3.8) is 0 Å². The molecule has 0 saturated heterocycles. The predicted octanol–water partition coefficient (Wildman–Crippen LogP) is -4.14. The van der Waals surface area contributed by atoms with Crippen molar-refractivity contribution < 1.29 is 46.5 Å². The molecule has 8 N–H and O–H groups in total. The van der Waals surface area contributed by atoms with Gasteiger partial charge >= 0.3 is 16.5 Å². The van der Waals surface area contributed by atoms with E-state index in [2.05, 4.69) is 0 Å². The largest absolute Gasteiger partial charge is 2.00 e. The van der Waals surface area contributed by atoms with Crippen molar-refractivity contribution in [1.29, 1.82) is 0 Å². The van der Waals surface area contributed by atoms with Gasteiger partial charge in [0.15, 0.2) is 0 Å². The van der Waals surface area contributed by atoms with Gasteiger partial charge in [0.1, 0.15) is 0 Å². The van der Waals surface area contributed by atoms with Crippen LogP contribution in [0, 0.1) is 0 Å². The van der Waals surface area contributed by atoms with E-state index in [1.807, 2.05) is 0 Å². The van der Waals surface area contributed by atoms with Crippen LogP contribution >= 0.6 is 0 Å². The third-order valence-electron chi connectivity index (χ3n) is 0. The van der Waals surface area contributed by atoms with E-state index >= 15 is 0 Å². The fraction of sp³-hybridized carbons (Fsp3) is 0. The molecule has 11 heavy (non-hydrogen) atoms. The van der Waals surface area contributed by atoms with Gasteiger partial charge in [-0.1, -0.05) is 0 Å². The molecule has 0 aliphatic heterocycles. The van der Waals surface area contributed by atoms with Crippen LogP contribution in [-0.2, 0) is 16.5 Å². The molecule has 0 aliphatic rings.